The van der Waals surface area contributed by atoms with Crippen molar-refractivity contribution in [1.82, 2.24) is 19.5 Å². The molecule has 0 aromatic carbocycles. The molecule has 0 aliphatic rings. The first kappa shape index (κ1) is 9.79. The van der Waals surface area contributed by atoms with E-state index in [0.717, 1.165) is 17.2 Å². The van der Waals surface area contributed by atoms with Gasteiger partial charge in [-0.1, -0.05) is 0 Å². The number of hydrogen-bond donors (Lipinski definition) is 1. The molecule has 0 bridgehead atoms. The summed E-state index contributed by atoms with van der Waals surface area (Å²) in [6.07, 6.45) is 5.06. The fourth-order valence-corrected chi connectivity index (χ4v) is 1.39. The van der Waals surface area contributed by atoms with Crippen molar-refractivity contribution in [1.29, 1.82) is 0 Å². The standard InChI is InChI=1S/C10H12N4O/c1-8-12-3-2-9(13-8)5-14-7-11-4-10(14)6-15/h2-4,7,15H,5-6H2,1H3. The lowest BCUT2D eigenvalue weighted by Crippen LogP contribution is -2.05. The molecule has 2 rings (SSSR count). The van der Waals surface area contributed by atoms with E-state index in [1.165, 1.54) is 0 Å². The molecule has 0 aliphatic carbocycles. The SMILES string of the molecule is Cc1nccc(Cn2cncc2CO)n1. The number of aliphatic hydroxyl groups excluding tert-OH is 1. The average molecular weight is 204 g/mol. The molecule has 5 nitrogen and oxygen atoms in total. The van der Waals surface area contributed by atoms with Gasteiger partial charge in [-0.2, -0.15) is 0 Å². The van der Waals surface area contributed by atoms with E-state index in [9.17, 15) is 0 Å². The fraction of sp³-hybridized carbons (Fsp3) is 0.300. The Balaban J connectivity index is 2.22. The Morgan fingerprint density at radius 1 is 1.47 bits per heavy atom. The van der Waals surface area contributed by atoms with Crippen molar-refractivity contribution in [2.45, 2.75) is 20.1 Å². The minimum Gasteiger partial charge on any atom is -0.390 e. The molecular formula is C10H12N4O. The van der Waals surface area contributed by atoms with Crippen molar-refractivity contribution in [3.8, 4) is 0 Å². The van der Waals surface area contributed by atoms with Crippen molar-refractivity contribution >= 4 is 0 Å². The van der Waals surface area contributed by atoms with Gasteiger partial charge in [0, 0.05) is 6.20 Å². The van der Waals surface area contributed by atoms with Crippen LogP contribution < -0.4 is 0 Å². The van der Waals surface area contributed by atoms with E-state index in [0.29, 0.717) is 6.54 Å². The Hall–Kier alpha value is -1.75. The molecule has 0 atom stereocenters. The Morgan fingerprint density at radius 3 is 3.07 bits per heavy atom. The van der Waals surface area contributed by atoms with Gasteiger partial charge in [-0.05, 0) is 13.0 Å². The summed E-state index contributed by atoms with van der Waals surface area (Å²) in [5, 5.41) is 9.05. The molecule has 78 valence electrons. The molecule has 0 spiro atoms. The molecule has 0 amide bonds. The molecule has 0 radical (unpaired) electrons. The van der Waals surface area contributed by atoms with E-state index in [-0.39, 0.29) is 6.61 Å². The molecule has 0 fully saturated rings. The number of aryl methyl sites for hydroxylation is 1. The maximum Gasteiger partial charge on any atom is 0.125 e. The molecule has 0 saturated heterocycles. The van der Waals surface area contributed by atoms with Gasteiger partial charge in [-0.3, -0.25) is 0 Å². The summed E-state index contributed by atoms with van der Waals surface area (Å²) >= 11 is 0. The molecule has 2 heterocycles. The van der Waals surface area contributed by atoms with Gasteiger partial charge >= 0.3 is 0 Å². The van der Waals surface area contributed by atoms with E-state index in [1.54, 1.807) is 18.7 Å². The molecule has 15 heavy (non-hydrogen) atoms. The molecule has 2 aromatic rings. The minimum atomic E-state index is -0.00986. The second-order valence-electron chi connectivity index (χ2n) is 3.27. The second-order valence-corrected chi connectivity index (χ2v) is 3.27. The van der Waals surface area contributed by atoms with E-state index in [1.807, 2.05) is 17.6 Å². The van der Waals surface area contributed by atoms with Crippen LogP contribution in [0.15, 0.2) is 24.8 Å². The van der Waals surface area contributed by atoms with Crippen LogP contribution in [-0.4, -0.2) is 24.6 Å². The molecule has 0 unspecified atom stereocenters. The number of nitrogens with zero attached hydrogens (tertiary/aromatic N) is 4. The Labute approximate surface area is 87.5 Å². The van der Waals surface area contributed by atoms with Gasteiger partial charge in [0.15, 0.2) is 0 Å². The average Bonchev–Trinajstić information content (AvgIpc) is 2.65. The third-order valence-electron chi connectivity index (χ3n) is 2.13. The number of rotatable bonds is 3. The van der Waals surface area contributed by atoms with Crippen LogP contribution in [0.25, 0.3) is 0 Å². The van der Waals surface area contributed by atoms with E-state index >= 15 is 0 Å². The monoisotopic (exact) mass is 204 g/mol. The molecule has 0 saturated carbocycles. The molecule has 1 N–H and O–H groups in total. The van der Waals surface area contributed by atoms with Gasteiger partial charge in [-0.25, -0.2) is 15.0 Å². The zero-order chi connectivity index (χ0) is 10.7. The minimum absolute atomic E-state index is 0.00986. The fourth-order valence-electron chi connectivity index (χ4n) is 1.39. The molecular weight excluding hydrogens is 192 g/mol. The lowest BCUT2D eigenvalue weighted by atomic mass is 10.3. The smallest absolute Gasteiger partial charge is 0.125 e. The van der Waals surface area contributed by atoms with Gasteiger partial charge in [0.2, 0.25) is 0 Å². The van der Waals surface area contributed by atoms with E-state index < -0.39 is 0 Å². The number of imidazole rings is 1. The normalized spacial score (nSPS) is 10.5. The highest BCUT2D eigenvalue weighted by molar-refractivity contribution is 5.05. The van der Waals surface area contributed by atoms with Gasteiger partial charge in [0.05, 0.1) is 37.1 Å². The highest BCUT2D eigenvalue weighted by Gasteiger charge is 2.02. The highest BCUT2D eigenvalue weighted by atomic mass is 16.3. The summed E-state index contributed by atoms with van der Waals surface area (Å²) in [6, 6.07) is 1.86. The lowest BCUT2D eigenvalue weighted by molar-refractivity contribution is 0.271. The zero-order valence-corrected chi connectivity index (χ0v) is 8.46. The molecule has 0 aliphatic heterocycles. The summed E-state index contributed by atoms with van der Waals surface area (Å²) in [7, 11) is 0. The number of hydrogen-bond acceptors (Lipinski definition) is 4. The summed E-state index contributed by atoms with van der Waals surface area (Å²) in [5.74, 6) is 0.748. The summed E-state index contributed by atoms with van der Waals surface area (Å²) in [5.41, 5.74) is 1.70. The van der Waals surface area contributed by atoms with Crippen LogP contribution in [0.4, 0.5) is 0 Å². The quantitative estimate of drug-likeness (QED) is 0.791. The third kappa shape index (κ3) is 2.19. The van der Waals surface area contributed by atoms with Crippen LogP contribution in [-0.2, 0) is 13.2 Å². The summed E-state index contributed by atoms with van der Waals surface area (Å²) < 4.78 is 1.86. The summed E-state index contributed by atoms with van der Waals surface area (Å²) in [6.45, 7) is 2.45. The van der Waals surface area contributed by atoms with Gasteiger partial charge in [0.1, 0.15) is 5.82 Å². The van der Waals surface area contributed by atoms with Crippen molar-refractivity contribution in [2.75, 3.05) is 0 Å². The number of aromatic nitrogens is 4. The molecule has 2 aromatic heterocycles. The maximum atomic E-state index is 9.05. The summed E-state index contributed by atoms with van der Waals surface area (Å²) in [4.78, 5) is 12.3. The van der Waals surface area contributed by atoms with Crippen LogP contribution in [0.5, 0.6) is 0 Å². The van der Waals surface area contributed by atoms with Gasteiger partial charge < -0.3 is 9.67 Å². The topological polar surface area (TPSA) is 63.8 Å². The second kappa shape index (κ2) is 4.18. The predicted molar refractivity (Wildman–Crippen MR) is 54.0 cm³/mol. The number of aliphatic hydroxyl groups is 1. The van der Waals surface area contributed by atoms with Gasteiger partial charge in [-0.15, -0.1) is 0 Å². The Bertz CT molecular complexity index is 452. The first-order valence-corrected chi connectivity index (χ1v) is 4.68. The van der Waals surface area contributed by atoms with E-state index in [2.05, 4.69) is 15.0 Å². The first-order valence-electron chi connectivity index (χ1n) is 4.68. The van der Waals surface area contributed by atoms with Crippen LogP contribution in [0.2, 0.25) is 0 Å². The van der Waals surface area contributed by atoms with Crippen LogP contribution >= 0.6 is 0 Å². The van der Waals surface area contributed by atoms with Crippen molar-refractivity contribution in [2.24, 2.45) is 0 Å². The third-order valence-corrected chi connectivity index (χ3v) is 2.13. The lowest BCUT2D eigenvalue weighted by Gasteiger charge is -2.05. The van der Waals surface area contributed by atoms with Crippen molar-refractivity contribution < 1.29 is 5.11 Å². The maximum absolute atomic E-state index is 9.05. The predicted octanol–water partition coefficient (Wildman–Crippen LogP) is 0.522. The Kier molecular flexibility index (Phi) is 2.73. The van der Waals surface area contributed by atoms with Crippen LogP contribution in [0.1, 0.15) is 17.2 Å². The van der Waals surface area contributed by atoms with Crippen LogP contribution in [0.3, 0.4) is 0 Å². The molecule has 5 heteroatoms. The van der Waals surface area contributed by atoms with Gasteiger partial charge in [0.25, 0.3) is 0 Å². The zero-order valence-electron chi connectivity index (χ0n) is 8.46. The largest absolute Gasteiger partial charge is 0.390 e. The first-order chi connectivity index (χ1) is 7.29. The van der Waals surface area contributed by atoms with Crippen molar-refractivity contribution in [3.05, 3.63) is 42.0 Å². The van der Waals surface area contributed by atoms with E-state index in [4.69, 9.17) is 5.11 Å². The highest BCUT2D eigenvalue weighted by Crippen LogP contribution is 2.03. The Morgan fingerprint density at radius 2 is 2.33 bits per heavy atom. The van der Waals surface area contributed by atoms with Crippen LogP contribution in [0, 0.1) is 6.92 Å². The van der Waals surface area contributed by atoms with Crippen molar-refractivity contribution in [3.63, 3.8) is 0 Å².